The zero-order valence-electron chi connectivity index (χ0n) is 16.2. The van der Waals surface area contributed by atoms with Crippen LogP contribution < -0.4 is 15.0 Å². The smallest absolute Gasteiger partial charge is 0.244 e. The predicted octanol–water partition coefficient (Wildman–Crippen LogP) is 3.03. The van der Waals surface area contributed by atoms with Crippen LogP contribution in [0.3, 0.4) is 0 Å². The first-order valence-electron chi connectivity index (χ1n) is 9.21. The maximum atomic E-state index is 14.0. The number of methoxy groups -OCH3 is 1. The van der Waals surface area contributed by atoms with Crippen LogP contribution in [0.1, 0.15) is 19.4 Å². The lowest BCUT2D eigenvalue weighted by Crippen LogP contribution is -2.51. The molecule has 1 atom stereocenters. The van der Waals surface area contributed by atoms with E-state index in [1.807, 2.05) is 30.0 Å². The van der Waals surface area contributed by atoms with Crippen molar-refractivity contribution in [3.8, 4) is 5.75 Å². The van der Waals surface area contributed by atoms with Crippen LogP contribution in [-0.2, 0) is 16.1 Å². The van der Waals surface area contributed by atoms with Crippen molar-refractivity contribution in [2.75, 3.05) is 30.4 Å². The van der Waals surface area contributed by atoms with Crippen molar-refractivity contribution in [3.63, 3.8) is 0 Å². The van der Waals surface area contributed by atoms with Gasteiger partial charge in [-0.25, -0.2) is 4.39 Å². The summed E-state index contributed by atoms with van der Waals surface area (Å²) in [6, 6.07) is 11.5. The fourth-order valence-electron chi connectivity index (χ4n) is 3.38. The normalized spacial score (nSPS) is 14.5. The van der Waals surface area contributed by atoms with Gasteiger partial charge in [0.15, 0.2) is 11.6 Å². The van der Waals surface area contributed by atoms with Gasteiger partial charge < -0.3 is 10.1 Å². The van der Waals surface area contributed by atoms with Crippen molar-refractivity contribution in [2.45, 2.75) is 26.4 Å². The van der Waals surface area contributed by atoms with E-state index >= 15 is 0 Å². The lowest BCUT2D eigenvalue weighted by atomic mass is 10.1. The summed E-state index contributed by atoms with van der Waals surface area (Å²) in [6.07, 6.45) is 0. The van der Waals surface area contributed by atoms with Crippen molar-refractivity contribution in [3.05, 3.63) is 53.8 Å². The van der Waals surface area contributed by atoms with Crippen LogP contribution in [0.5, 0.6) is 5.75 Å². The molecule has 0 aromatic heterocycles. The Kier molecular flexibility index (Phi) is 5.94. The molecule has 1 aliphatic rings. The maximum Gasteiger partial charge on any atom is 0.244 e. The second-order valence-corrected chi connectivity index (χ2v) is 6.70. The molecule has 2 aromatic carbocycles. The number of hydrogen-bond donors (Lipinski definition) is 1. The maximum absolute atomic E-state index is 14.0. The van der Waals surface area contributed by atoms with E-state index in [1.54, 1.807) is 25.1 Å². The summed E-state index contributed by atoms with van der Waals surface area (Å²) in [4.78, 5) is 28.6. The van der Waals surface area contributed by atoms with Gasteiger partial charge in [-0.1, -0.05) is 25.1 Å². The molecule has 7 heteroatoms. The van der Waals surface area contributed by atoms with E-state index in [2.05, 4.69) is 5.32 Å². The second kappa shape index (κ2) is 8.39. The summed E-state index contributed by atoms with van der Waals surface area (Å²) in [5, 5.41) is 2.78. The zero-order chi connectivity index (χ0) is 20.3. The molecule has 0 fully saturated rings. The first kappa shape index (κ1) is 19.8. The quantitative estimate of drug-likeness (QED) is 0.830. The first-order valence-corrected chi connectivity index (χ1v) is 9.21. The summed E-state index contributed by atoms with van der Waals surface area (Å²) in [6.45, 7) is 4.74. The van der Waals surface area contributed by atoms with Crippen LogP contribution in [0, 0.1) is 5.82 Å². The fourth-order valence-corrected chi connectivity index (χ4v) is 3.38. The number of hydrogen-bond acceptors (Lipinski definition) is 4. The molecular formula is C21H24FN3O3. The summed E-state index contributed by atoms with van der Waals surface area (Å²) < 4.78 is 19.0. The molecule has 1 aliphatic heterocycles. The van der Waals surface area contributed by atoms with Crippen molar-refractivity contribution in [1.29, 1.82) is 0 Å². The molecule has 0 unspecified atom stereocenters. The van der Waals surface area contributed by atoms with Crippen molar-refractivity contribution in [1.82, 2.24) is 4.90 Å². The molecule has 0 spiro atoms. The minimum atomic E-state index is -0.478. The van der Waals surface area contributed by atoms with Gasteiger partial charge in [0.25, 0.3) is 0 Å². The standard InChI is InChI=1S/C21H24FN3O3/c1-4-24(12-15-9-10-19(28-3)16(22)11-15)14(2)21(27)25-13-20(26)23-17-7-5-6-8-18(17)25/h5-11,14H,4,12-13H2,1-3H3,(H,23,26)/t14-/m0/s1. The molecule has 0 saturated heterocycles. The number of carbonyl (C=O) groups is 2. The van der Waals surface area contributed by atoms with Gasteiger partial charge >= 0.3 is 0 Å². The number of nitrogens with zero attached hydrogens (tertiary/aromatic N) is 2. The summed E-state index contributed by atoms with van der Waals surface area (Å²) in [5.74, 6) is -0.638. The average molecular weight is 385 g/mol. The van der Waals surface area contributed by atoms with E-state index in [9.17, 15) is 14.0 Å². The fraction of sp³-hybridized carbons (Fsp3) is 0.333. The Bertz CT molecular complexity index is 887. The van der Waals surface area contributed by atoms with Gasteiger partial charge in [0.1, 0.15) is 6.54 Å². The largest absolute Gasteiger partial charge is 0.494 e. The lowest BCUT2D eigenvalue weighted by Gasteiger charge is -2.34. The Morgan fingerprint density at radius 3 is 2.75 bits per heavy atom. The molecule has 28 heavy (non-hydrogen) atoms. The van der Waals surface area contributed by atoms with Crippen molar-refractivity contribution in [2.24, 2.45) is 0 Å². The topological polar surface area (TPSA) is 61.9 Å². The molecule has 1 N–H and O–H groups in total. The van der Waals surface area contributed by atoms with E-state index in [-0.39, 0.29) is 24.1 Å². The van der Waals surface area contributed by atoms with Gasteiger partial charge in [0.2, 0.25) is 11.8 Å². The molecule has 2 aromatic rings. The van der Waals surface area contributed by atoms with E-state index in [0.29, 0.717) is 24.5 Å². The van der Waals surface area contributed by atoms with Crippen LogP contribution in [-0.4, -0.2) is 43.0 Å². The summed E-state index contributed by atoms with van der Waals surface area (Å²) >= 11 is 0. The number of amides is 2. The minimum Gasteiger partial charge on any atom is -0.494 e. The second-order valence-electron chi connectivity index (χ2n) is 6.70. The Labute approximate surface area is 163 Å². The van der Waals surface area contributed by atoms with E-state index in [0.717, 1.165) is 5.56 Å². The third-order valence-corrected chi connectivity index (χ3v) is 4.95. The monoisotopic (exact) mass is 385 g/mol. The third kappa shape index (κ3) is 3.99. The number of nitrogens with one attached hydrogen (secondary N) is 1. The Morgan fingerprint density at radius 1 is 1.32 bits per heavy atom. The van der Waals surface area contributed by atoms with Gasteiger partial charge in [0, 0.05) is 6.54 Å². The number of rotatable bonds is 6. The van der Waals surface area contributed by atoms with Gasteiger partial charge in [-0.05, 0) is 43.3 Å². The summed E-state index contributed by atoms with van der Waals surface area (Å²) in [7, 11) is 1.42. The van der Waals surface area contributed by atoms with Gasteiger partial charge in [0.05, 0.1) is 24.5 Å². The third-order valence-electron chi connectivity index (χ3n) is 4.95. The highest BCUT2D eigenvalue weighted by Gasteiger charge is 2.31. The number of fused-ring (bicyclic) bond motifs is 1. The number of anilines is 2. The van der Waals surface area contributed by atoms with E-state index in [1.165, 1.54) is 18.1 Å². The number of carbonyl (C=O) groups excluding carboxylic acids is 2. The Hall–Kier alpha value is -2.93. The number of likely N-dealkylation sites (N-methyl/N-ethyl adjacent to an activating group) is 1. The van der Waals surface area contributed by atoms with Crippen molar-refractivity contribution >= 4 is 23.2 Å². The predicted molar refractivity (Wildman–Crippen MR) is 106 cm³/mol. The molecule has 2 amide bonds. The highest BCUT2D eigenvalue weighted by atomic mass is 19.1. The molecule has 0 bridgehead atoms. The van der Waals surface area contributed by atoms with Gasteiger partial charge in [-0.3, -0.25) is 19.4 Å². The van der Waals surface area contributed by atoms with Crippen LogP contribution in [0.15, 0.2) is 42.5 Å². The first-order chi connectivity index (χ1) is 13.4. The molecule has 3 rings (SSSR count). The number of halogens is 1. The van der Waals surface area contributed by atoms with Crippen LogP contribution in [0.4, 0.5) is 15.8 Å². The van der Waals surface area contributed by atoms with Crippen LogP contribution >= 0.6 is 0 Å². The molecule has 0 saturated carbocycles. The Morgan fingerprint density at radius 2 is 2.07 bits per heavy atom. The molecule has 6 nitrogen and oxygen atoms in total. The summed E-state index contributed by atoms with van der Waals surface area (Å²) in [5.41, 5.74) is 2.06. The Balaban J connectivity index is 1.79. The van der Waals surface area contributed by atoms with Crippen LogP contribution in [0.25, 0.3) is 0 Å². The highest BCUT2D eigenvalue weighted by molar-refractivity contribution is 6.11. The average Bonchev–Trinajstić information content (AvgIpc) is 2.70. The molecule has 0 radical (unpaired) electrons. The van der Waals surface area contributed by atoms with E-state index < -0.39 is 11.9 Å². The number of benzene rings is 2. The molecule has 148 valence electrons. The number of ether oxygens (including phenoxy) is 1. The van der Waals surface area contributed by atoms with E-state index in [4.69, 9.17) is 4.74 Å². The number of para-hydroxylation sites is 2. The van der Waals surface area contributed by atoms with Gasteiger partial charge in [-0.2, -0.15) is 0 Å². The molecular weight excluding hydrogens is 361 g/mol. The highest BCUT2D eigenvalue weighted by Crippen LogP contribution is 2.30. The van der Waals surface area contributed by atoms with Gasteiger partial charge in [-0.15, -0.1) is 0 Å². The SMILES string of the molecule is CCN(Cc1ccc(OC)c(F)c1)[C@@H](C)C(=O)N1CC(=O)Nc2ccccc21. The lowest BCUT2D eigenvalue weighted by molar-refractivity contribution is -0.125. The zero-order valence-corrected chi connectivity index (χ0v) is 16.2. The van der Waals surface area contributed by atoms with Crippen molar-refractivity contribution < 1.29 is 18.7 Å². The minimum absolute atomic E-state index is 0.0189. The molecule has 0 aliphatic carbocycles. The molecule has 1 heterocycles. The van der Waals surface area contributed by atoms with Crippen LogP contribution in [0.2, 0.25) is 0 Å².